The molecule has 0 amide bonds. The van der Waals surface area contributed by atoms with Gasteiger partial charge in [-0.25, -0.2) is 4.98 Å². The molecular formula is C46H40N2. The molecule has 234 valence electrons. The first kappa shape index (κ1) is 29.0. The van der Waals surface area contributed by atoms with Crippen LogP contribution in [0.5, 0.6) is 0 Å². The molecule has 2 aliphatic carbocycles. The van der Waals surface area contributed by atoms with Crippen molar-refractivity contribution in [3.63, 3.8) is 0 Å². The Hall–Kier alpha value is -5.21. The number of hydrogen-bond donors (Lipinski definition) is 0. The smallest absolute Gasteiger partial charge is 0.109 e. The maximum absolute atomic E-state index is 5.00. The molecule has 2 nitrogen and oxygen atoms in total. The first-order chi connectivity index (χ1) is 23.3. The van der Waals surface area contributed by atoms with Crippen LogP contribution in [0.15, 0.2) is 127 Å². The van der Waals surface area contributed by atoms with E-state index in [1.807, 2.05) is 0 Å². The third-order valence-electron chi connectivity index (χ3n) is 11.5. The lowest BCUT2D eigenvalue weighted by Crippen LogP contribution is -2.22. The van der Waals surface area contributed by atoms with Gasteiger partial charge in [0.15, 0.2) is 0 Å². The summed E-state index contributed by atoms with van der Waals surface area (Å²) >= 11 is 0. The monoisotopic (exact) mass is 620 g/mol. The minimum atomic E-state index is -0.271. The van der Waals surface area contributed by atoms with Gasteiger partial charge in [0, 0.05) is 23.8 Å². The van der Waals surface area contributed by atoms with Gasteiger partial charge in [-0.05, 0) is 123 Å². The summed E-state index contributed by atoms with van der Waals surface area (Å²) in [6.45, 7) is 12.6. The van der Waals surface area contributed by atoms with Crippen molar-refractivity contribution in [2.45, 2.75) is 58.4 Å². The first-order valence-corrected chi connectivity index (χ1v) is 17.4. The predicted octanol–water partition coefficient (Wildman–Crippen LogP) is 11.6. The van der Waals surface area contributed by atoms with Crippen LogP contribution < -0.4 is 0 Å². The minimum absolute atomic E-state index is 0.130. The highest BCUT2D eigenvalue weighted by molar-refractivity contribution is 5.93. The van der Waals surface area contributed by atoms with E-state index >= 15 is 0 Å². The number of fused-ring (bicyclic) bond motifs is 7. The molecule has 6 aromatic carbocycles. The Morgan fingerprint density at radius 1 is 0.521 bits per heavy atom. The van der Waals surface area contributed by atoms with Crippen molar-refractivity contribution in [3.8, 4) is 44.5 Å². The van der Waals surface area contributed by atoms with E-state index in [1.54, 1.807) is 0 Å². The summed E-state index contributed by atoms with van der Waals surface area (Å²) in [5.74, 6) is 1.16. The molecule has 0 radical (unpaired) electrons. The lowest BCUT2D eigenvalue weighted by molar-refractivity contribution is 0.659. The van der Waals surface area contributed by atoms with E-state index in [0.29, 0.717) is 0 Å². The fourth-order valence-electron chi connectivity index (χ4n) is 8.81. The molecular weight excluding hydrogens is 581 g/mol. The zero-order chi connectivity index (χ0) is 32.8. The number of imidazole rings is 1. The van der Waals surface area contributed by atoms with Crippen LogP contribution in [0.2, 0.25) is 0 Å². The van der Waals surface area contributed by atoms with Gasteiger partial charge >= 0.3 is 0 Å². The van der Waals surface area contributed by atoms with Gasteiger partial charge in [0.05, 0.1) is 11.0 Å². The second-order valence-electron chi connectivity index (χ2n) is 14.3. The van der Waals surface area contributed by atoms with Crippen LogP contribution in [-0.4, -0.2) is 9.55 Å². The summed E-state index contributed by atoms with van der Waals surface area (Å²) in [6, 6.07) is 47.9. The highest BCUT2D eigenvalue weighted by Gasteiger charge is 2.44. The Kier molecular flexibility index (Phi) is 6.27. The molecule has 0 fully saturated rings. The third kappa shape index (κ3) is 3.95. The molecule has 0 bridgehead atoms. The Labute approximate surface area is 283 Å². The first-order valence-electron chi connectivity index (χ1n) is 17.4. The second kappa shape index (κ2) is 10.4. The van der Waals surface area contributed by atoms with E-state index in [1.165, 1.54) is 77.8 Å². The largest absolute Gasteiger partial charge is 0.328 e. The van der Waals surface area contributed by atoms with E-state index in [2.05, 4.69) is 167 Å². The van der Waals surface area contributed by atoms with Gasteiger partial charge in [0.1, 0.15) is 5.82 Å². The highest BCUT2D eigenvalue weighted by atomic mass is 15.1. The van der Waals surface area contributed by atoms with Crippen molar-refractivity contribution >= 4 is 11.0 Å². The fourth-order valence-corrected chi connectivity index (χ4v) is 8.81. The molecule has 1 unspecified atom stereocenters. The lowest BCUT2D eigenvalue weighted by atomic mass is 9.73. The van der Waals surface area contributed by atoms with E-state index < -0.39 is 0 Å². The van der Waals surface area contributed by atoms with Crippen LogP contribution in [0, 0.1) is 0 Å². The zero-order valence-electron chi connectivity index (χ0n) is 28.4. The molecule has 9 rings (SSSR count). The number of rotatable bonds is 5. The summed E-state index contributed by atoms with van der Waals surface area (Å²) in [7, 11) is 0. The molecule has 0 saturated carbocycles. The van der Waals surface area contributed by atoms with Crippen LogP contribution in [0.25, 0.3) is 55.5 Å². The molecule has 1 heterocycles. The predicted molar refractivity (Wildman–Crippen MR) is 201 cm³/mol. The van der Waals surface area contributed by atoms with Gasteiger partial charge in [-0.1, -0.05) is 112 Å². The number of benzene rings is 6. The molecule has 2 aliphatic rings. The topological polar surface area (TPSA) is 17.8 Å². The van der Waals surface area contributed by atoms with Gasteiger partial charge in [-0.15, -0.1) is 0 Å². The Bertz CT molecular complexity index is 2390. The van der Waals surface area contributed by atoms with Gasteiger partial charge in [-0.3, -0.25) is 0 Å². The van der Waals surface area contributed by atoms with E-state index in [9.17, 15) is 0 Å². The summed E-state index contributed by atoms with van der Waals surface area (Å²) < 4.78 is 2.34. The van der Waals surface area contributed by atoms with Crippen molar-refractivity contribution in [1.29, 1.82) is 0 Å². The molecule has 7 aromatic rings. The Morgan fingerprint density at radius 2 is 1.06 bits per heavy atom. The number of nitrogens with zero attached hydrogens (tertiary/aromatic N) is 2. The summed E-state index contributed by atoms with van der Waals surface area (Å²) in [6.07, 6.45) is 0.940. The van der Waals surface area contributed by atoms with Gasteiger partial charge in [-0.2, -0.15) is 0 Å². The van der Waals surface area contributed by atoms with Crippen molar-refractivity contribution in [2.75, 3.05) is 0 Å². The molecule has 48 heavy (non-hydrogen) atoms. The number of hydrogen-bond acceptors (Lipinski definition) is 1. The van der Waals surface area contributed by atoms with E-state index in [4.69, 9.17) is 4.98 Å². The van der Waals surface area contributed by atoms with Crippen molar-refractivity contribution in [3.05, 3.63) is 161 Å². The molecule has 2 heteroatoms. The molecule has 0 saturated heterocycles. The minimum Gasteiger partial charge on any atom is -0.328 e. The van der Waals surface area contributed by atoms with Crippen LogP contribution in [0.4, 0.5) is 0 Å². The quantitative estimate of drug-likeness (QED) is 0.187. The van der Waals surface area contributed by atoms with Gasteiger partial charge in [0.25, 0.3) is 0 Å². The van der Waals surface area contributed by atoms with E-state index in [0.717, 1.165) is 24.3 Å². The average Bonchev–Trinajstić information content (AvgIpc) is 3.70. The normalized spacial score (nSPS) is 16.9. The maximum atomic E-state index is 5.00. The maximum Gasteiger partial charge on any atom is 0.109 e. The molecule has 1 atom stereocenters. The van der Waals surface area contributed by atoms with Crippen LogP contribution in [0.3, 0.4) is 0 Å². The van der Waals surface area contributed by atoms with Gasteiger partial charge < -0.3 is 4.57 Å². The van der Waals surface area contributed by atoms with Crippen LogP contribution in [-0.2, 0) is 23.8 Å². The Morgan fingerprint density at radius 3 is 1.77 bits per heavy atom. The second-order valence-corrected chi connectivity index (χ2v) is 14.3. The SMILES string of the molecule is CCc1nc2cc(-c3ccc4c(c3)C(C)(C)c3cc5c(cc3-4)C(C)(c3ccccc3)c3cc(-c4ccccc4)ccc3-5)ccc2n1CC. The van der Waals surface area contributed by atoms with Crippen LogP contribution in [0.1, 0.15) is 68.3 Å². The Balaban J connectivity index is 1.20. The molecule has 0 aliphatic heterocycles. The number of aromatic nitrogens is 2. The van der Waals surface area contributed by atoms with Crippen molar-refractivity contribution in [2.24, 2.45) is 0 Å². The molecule has 0 spiro atoms. The van der Waals surface area contributed by atoms with E-state index in [-0.39, 0.29) is 10.8 Å². The number of aryl methyl sites for hydroxylation is 2. The van der Waals surface area contributed by atoms with Gasteiger partial charge in [0.2, 0.25) is 0 Å². The highest BCUT2D eigenvalue weighted by Crippen LogP contribution is 2.58. The standard InChI is InChI=1S/C46H40N2/c1-6-44-47-42-26-32(20-23-43(42)48(44)7-2)31-19-21-34-36-28-41-37(27-39(36)45(3,4)38(34)24-31)35-22-18-30(29-14-10-8-11-15-29)25-40(35)46(41,5)33-16-12-9-13-17-33/h8-28H,6-7H2,1-5H3. The van der Waals surface area contributed by atoms with Crippen molar-refractivity contribution < 1.29 is 0 Å². The van der Waals surface area contributed by atoms with Crippen LogP contribution >= 0.6 is 0 Å². The molecule has 0 N–H and O–H groups in total. The summed E-state index contributed by atoms with van der Waals surface area (Å²) in [4.78, 5) is 5.00. The van der Waals surface area contributed by atoms with Crippen molar-refractivity contribution in [1.82, 2.24) is 9.55 Å². The summed E-state index contributed by atoms with van der Waals surface area (Å²) in [5.41, 5.74) is 19.2. The lowest BCUT2D eigenvalue weighted by Gasteiger charge is -2.29. The zero-order valence-corrected chi connectivity index (χ0v) is 28.4. The molecule has 1 aromatic heterocycles. The average molecular weight is 621 g/mol. The third-order valence-corrected chi connectivity index (χ3v) is 11.5. The summed E-state index contributed by atoms with van der Waals surface area (Å²) in [5, 5.41) is 0. The fraction of sp³-hybridized carbons (Fsp3) is 0.196.